The maximum Gasteiger partial charge on any atom is 0.00967 e. The SMILES string of the molecule is CCCC(CNC(C)(C)C)c1cccc(C)c1. The Labute approximate surface area is 107 Å². The van der Waals surface area contributed by atoms with Crippen molar-refractivity contribution in [1.29, 1.82) is 0 Å². The molecule has 0 aliphatic heterocycles. The minimum absolute atomic E-state index is 0.204. The zero-order valence-corrected chi connectivity index (χ0v) is 12.0. The molecule has 0 aliphatic rings. The Morgan fingerprint density at radius 1 is 1.24 bits per heavy atom. The minimum Gasteiger partial charge on any atom is -0.311 e. The van der Waals surface area contributed by atoms with Crippen LogP contribution in [0.2, 0.25) is 0 Å². The molecule has 1 heteroatoms. The van der Waals surface area contributed by atoms with E-state index >= 15 is 0 Å². The summed E-state index contributed by atoms with van der Waals surface area (Å²) in [4.78, 5) is 0. The van der Waals surface area contributed by atoms with Crippen molar-refractivity contribution in [3.8, 4) is 0 Å². The maximum atomic E-state index is 3.62. The molecule has 0 saturated carbocycles. The third-order valence-electron chi connectivity index (χ3n) is 3.03. The first kappa shape index (κ1) is 14.2. The van der Waals surface area contributed by atoms with Gasteiger partial charge in [0.05, 0.1) is 0 Å². The van der Waals surface area contributed by atoms with Crippen molar-refractivity contribution >= 4 is 0 Å². The first-order valence-electron chi connectivity index (χ1n) is 6.74. The Morgan fingerprint density at radius 2 is 1.94 bits per heavy atom. The van der Waals surface area contributed by atoms with Gasteiger partial charge in [0.1, 0.15) is 0 Å². The molecule has 0 fully saturated rings. The summed E-state index contributed by atoms with van der Waals surface area (Å²) in [6.45, 7) is 12.2. The van der Waals surface area contributed by atoms with Crippen molar-refractivity contribution in [3.05, 3.63) is 35.4 Å². The molecule has 1 aromatic carbocycles. The first-order valence-corrected chi connectivity index (χ1v) is 6.74. The number of rotatable bonds is 5. The Hall–Kier alpha value is -0.820. The van der Waals surface area contributed by atoms with E-state index in [2.05, 4.69) is 64.2 Å². The lowest BCUT2D eigenvalue weighted by Gasteiger charge is -2.25. The van der Waals surface area contributed by atoms with Crippen LogP contribution in [-0.2, 0) is 0 Å². The summed E-state index contributed by atoms with van der Waals surface area (Å²) >= 11 is 0. The normalized spacial score (nSPS) is 13.7. The molecule has 1 aromatic rings. The summed E-state index contributed by atoms with van der Waals surface area (Å²) in [5, 5.41) is 3.62. The van der Waals surface area contributed by atoms with Gasteiger partial charge in [0, 0.05) is 12.1 Å². The van der Waals surface area contributed by atoms with Crippen LogP contribution < -0.4 is 5.32 Å². The molecule has 0 aliphatic carbocycles. The fourth-order valence-corrected chi connectivity index (χ4v) is 2.09. The maximum absolute atomic E-state index is 3.62. The van der Waals surface area contributed by atoms with E-state index < -0.39 is 0 Å². The van der Waals surface area contributed by atoms with E-state index in [9.17, 15) is 0 Å². The Balaban J connectivity index is 2.71. The summed E-state index contributed by atoms with van der Waals surface area (Å²) in [7, 11) is 0. The molecule has 1 atom stereocenters. The molecule has 1 rings (SSSR count). The zero-order valence-electron chi connectivity index (χ0n) is 12.0. The number of benzene rings is 1. The molecular weight excluding hydrogens is 206 g/mol. The smallest absolute Gasteiger partial charge is 0.00967 e. The second-order valence-electron chi connectivity index (χ2n) is 6.03. The fraction of sp³-hybridized carbons (Fsp3) is 0.625. The van der Waals surface area contributed by atoms with Crippen LogP contribution in [0, 0.1) is 6.92 Å². The molecule has 1 nitrogen and oxygen atoms in total. The van der Waals surface area contributed by atoms with Crippen LogP contribution >= 0.6 is 0 Å². The van der Waals surface area contributed by atoms with Crippen LogP contribution in [0.5, 0.6) is 0 Å². The lowest BCUT2D eigenvalue weighted by atomic mass is 9.92. The van der Waals surface area contributed by atoms with Crippen molar-refractivity contribution in [1.82, 2.24) is 5.32 Å². The number of hydrogen-bond acceptors (Lipinski definition) is 1. The van der Waals surface area contributed by atoms with E-state index in [1.165, 1.54) is 24.0 Å². The average molecular weight is 233 g/mol. The highest BCUT2D eigenvalue weighted by Crippen LogP contribution is 2.22. The predicted octanol–water partition coefficient (Wildman–Crippen LogP) is 4.27. The number of nitrogens with one attached hydrogen (secondary N) is 1. The molecule has 17 heavy (non-hydrogen) atoms. The predicted molar refractivity (Wildman–Crippen MR) is 76.6 cm³/mol. The molecule has 0 radical (unpaired) electrons. The van der Waals surface area contributed by atoms with Crippen molar-refractivity contribution in [3.63, 3.8) is 0 Å². The van der Waals surface area contributed by atoms with E-state index in [0.29, 0.717) is 5.92 Å². The second kappa shape index (κ2) is 6.20. The van der Waals surface area contributed by atoms with E-state index in [0.717, 1.165) is 6.54 Å². The third kappa shape index (κ3) is 5.36. The molecule has 0 bridgehead atoms. The topological polar surface area (TPSA) is 12.0 Å². The molecular formula is C16H27N. The summed E-state index contributed by atoms with van der Waals surface area (Å²) in [5.41, 5.74) is 3.04. The highest BCUT2D eigenvalue weighted by atomic mass is 14.9. The Bertz CT molecular complexity index is 336. The van der Waals surface area contributed by atoms with Crippen molar-refractivity contribution < 1.29 is 0 Å². The molecule has 1 N–H and O–H groups in total. The monoisotopic (exact) mass is 233 g/mol. The number of hydrogen-bond donors (Lipinski definition) is 1. The van der Waals surface area contributed by atoms with Gasteiger partial charge in [-0.2, -0.15) is 0 Å². The van der Waals surface area contributed by atoms with Gasteiger partial charge in [-0.3, -0.25) is 0 Å². The van der Waals surface area contributed by atoms with Crippen molar-refractivity contribution in [2.24, 2.45) is 0 Å². The van der Waals surface area contributed by atoms with Gasteiger partial charge in [-0.25, -0.2) is 0 Å². The standard InChI is InChI=1S/C16H27N/c1-6-8-15(12-17-16(3,4)5)14-10-7-9-13(2)11-14/h7,9-11,15,17H,6,8,12H2,1-5H3. The minimum atomic E-state index is 0.204. The van der Waals surface area contributed by atoms with Crippen LogP contribution in [0.1, 0.15) is 57.6 Å². The summed E-state index contributed by atoms with van der Waals surface area (Å²) in [5.74, 6) is 0.638. The number of aryl methyl sites for hydroxylation is 1. The van der Waals surface area contributed by atoms with Crippen LogP contribution in [0.4, 0.5) is 0 Å². The van der Waals surface area contributed by atoms with E-state index in [1.807, 2.05) is 0 Å². The van der Waals surface area contributed by atoms with Gasteiger partial charge in [-0.1, -0.05) is 43.2 Å². The molecule has 0 amide bonds. The Kier molecular flexibility index (Phi) is 5.20. The van der Waals surface area contributed by atoms with Crippen LogP contribution in [0.15, 0.2) is 24.3 Å². The molecule has 0 aromatic heterocycles. The van der Waals surface area contributed by atoms with Gasteiger partial charge in [0.25, 0.3) is 0 Å². The van der Waals surface area contributed by atoms with E-state index in [4.69, 9.17) is 0 Å². The summed E-state index contributed by atoms with van der Waals surface area (Å²) in [6.07, 6.45) is 2.50. The highest BCUT2D eigenvalue weighted by molar-refractivity contribution is 5.25. The fourth-order valence-electron chi connectivity index (χ4n) is 2.09. The van der Waals surface area contributed by atoms with Gasteiger partial charge in [-0.15, -0.1) is 0 Å². The lowest BCUT2D eigenvalue weighted by molar-refractivity contribution is 0.398. The van der Waals surface area contributed by atoms with Gasteiger partial charge < -0.3 is 5.32 Å². The van der Waals surface area contributed by atoms with Gasteiger partial charge in [-0.05, 0) is 45.6 Å². The van der Waals surface area contributed by atoms with E-state index in [1.54, 1.807) is 0 Å². The van der Waals surface area contributed by atoms with Crippen LogP contribution in [0.3, 0.4) is 0 Å². The third-order valence-corrected chi connectivity index (χ3v) is 3.03. The highest BCUT2D eigenvalue weighted by Gasteiger charge is 2.15. The first-order chi connectivity index (χ1) is 7.92. The molecule has 1 unspecified atom stereocenters. The van der Waals surface area contributed by atoms with Gasteiger partial charge in [0.2, 0.25) is 0 Å². The zero-order chi connectivity index (χ0) is 12.9. The molecule has 0 saturated heterocycles. The van der Waals surface area contributed by atoms with E-state index in [-0.39, 0.29) is 5.54 Å². The van der Waals surface area contributed by atoms with Crippen LogP contribution in [-0.4, -0.2) is 12.1 Å². The van der Waals surface area contributed by atoms with Crippen LogP contribution in [0.25, 0.3) is 0 Å². The quantitative estimate of drug-likeness (QED) is 0.801. The largest absolute Gasteiger partial charge is 0.311 e. The molecule has 0 heterocycles. The van der Waals surface area contributed by atoms with Gasteiger partial charge >= 0.3 is 0 Å². The summed E-state index contributed by atoms with van der Waals surface area (Å²) in [6, 6.07) is 8.93. The average Bonchev–Trinajstić information content (AvgIpc) is 2.23. The molecule has 0 spiro atoms. The second-order valence-corrected chi connectivity index (χ2v) is 6.03. The lowest BCUT2D eigenvalue weighted by Crippen LogP contribution is -2.38. The summed E-state index contributed by atoms with van der Waals surface area (Å²) < 4.78 is 0. The van der Waals surface area contributed by atoms with Gasteiger partial charge in [0.15, 0.2) is 0 Å². The Morgan fingerprint density at radius 3 is 2.47 bits per heavy atom. The van der Waals surface area contributed by atoms with Crippen molar-refractivity contribution in [2.75, 3.05) is 6.54 Å². The van der Waals surface area contributed by atoms with Crippen molar-refractivity contribution in [2.45, 2.75) is 58.9 Å². The molecule has 96 valence electrons.